The van der Waals surface area contributed by atoms with Gasteiger partial charge in [0.05, 0.1) is 18.1 Å². The Morgan fingerprint density at radius 1 is 1.47 bits per heavy atom. The summed E-state index contributed by atoms with van der Waals surface area (Å²) >= 11 is 1.70. The van der Waals surface area contributed by atoms with Gasteiger partial charge in [-0.05, 0) is 42.8 Å². The molecule has 0 aromatic heterocycles. The maximum atomic E-state index is 9.66. The molecule has 2 bridgehead atoms. The van der Waals surface area contributed by atoms with Gasteiger partial charge < -0.3 is 9.84 Å². The van der Waals surface area contributed by atoms with Gasteiger partial charge in [-0.2, -0.15) is 0 Å². The lowest BCUT2D eigenvalue weighted by molar-refractivity contribution is -0.231. The Balaban J connectivity index is 2.11. The minimum Gasteiger partial charge on any atom is -0.393 e. The van der Waals surface area contributed by atoms with E-state index in [0.29, 0.717) is 17.3 Å². The van der Waals surface area contributed by atoms with Crippen molar-refractivity contribution in [3.63, 3.8) is 0 Å². The molecule has 3 atom stereocenters. The first-order valence-corrected chi connectivity index (χ1v) is 7.20. The van der Waals surface area contributed by atoms with Gasteiger partial charge in [0.1, 0.15) is 0 Å². The van der Waals surface area contributed by atoms with Crippen molar-refractivity contribution >= 4 is 11.8 Å². The molecular weight excluding hydrogens is 208 g/mol. The highest BCUT2D eigenvalue weighted by Gasteiger charge is 2.61. The predicted octanol–water partition coefficient (Wildman–Crippen LogP) is 2.51. The van der Waals surface area contributed by atoms with E-state index in [1.165, 1.54) is 12.8 Å². The summed E-state index contributed by atoms with van der Waals surface area (Å²) in [5.74, 6) is 2.12. The molecule has 0 amide bonds. The van der Waals surface area contributed by atoms with E-state index in [9.17, 15) is 5.11 Å². The van der Waals surface area contributed by atoms with Gasteiger partial charge in [0.2, 0.25) is 0 Å². The standard InChI is InChI=1S/C12H22O2S/c1-11(2)9-4-5-12(7-13,10(11)6-9)14-8-15-3/h9-10,13H,4-8H2,1-3H3. The average Bonchev–Trinajstić information content (AvgIpc) is 2.26. The van der Waals surface area contributed by atoms with Crippen LogP contribution in [0.5, 0.6) is 0 Å². The van der Waals surface area contributed by atoms with Gasteiger partial charge in [0, 0.05) is 0 Å². The molecule has 3 aliphatic rings. The van der Waals surface area contributed by atoms with Crippen LogP contribution in [-0.2, 0) is 4.74 Å². The summed E-state index contributed by atoms with van der Waals surface area (Å²) in [6.45, 7) is 4.85. The van der Waals surface area contributed by atoms with E-state index >= 15 is 0 Å². The van der Waals surface area contributed by atoms with Crippen molar-refractivity contribution in [3.8, 4) is 0 Å². The van der Waals surface area contributed by atoms with Crippen molar-refractivity contribution in [2.45, 2.75) is 38.7 Å². The molecule has 0 aromatic rings. The van der Waals surface area contributed by atoms with Gasteiger partial charge in [-0.25, -0.2) is 0 Å². The van der Waals surface area contributed by atoms with Gasteiger partial charge in [-0.3, -0.25) is 0 Å². The molecule has 3 aliphatic carbocycles. The molecule has 0 saturated heterocycles. The minimum absolute atomic E-state index is 0.189. The smallest absolute Gasteiger partial charge is 0.0956 e. The molecule has 3 unspecified atom stereocenters. The second-order valence-electron chi connectivity index (χ2n) is 5.62. The first kappa shape index (κ1) is 11.7. The van der Waals surface area contributed by atoms with Gasteiger partial charge >= 0.3 is 0 Å². The third-order valence-electron chi connectivity index (χ3n) is 4.75. The van der Waals surface area contributed by atoms with E-state index in [-0.39, 0.29) is 12.2 Å². The van der Waals surface area contributed by atoms with Gasteiger partial charge in [0.15, 0.2) is 0 Å². The van der Waals surface area contributed by atoms with Crippen LogP contribution in [0.2, 0.25) is 0 Å². The lowest BCUT2D eigenvalue weighted by Gasteiger charge is -2.64. The number of ether oxygens (including phenoxy) is 1. The molecule has 15 heavy (non-hydrogen) atoms. The van der Waals surface area contributed by atoms with Crippen LogP contribution < -0.4 is 0 Å². The molecule has 3 heteroatoms. The van der Waals surface area contributed by atoms with Crippen LogP contribution >= 0.6 is 11.8 Å². The normalized spacial score (nSPS) is 42.4. The molecule has 0 aromatic carbocycles. The highest BCUT2D eigenvalue weighted by molar-refractivity contribution is 7.98. The molecule has 0 aliphatic heterocycles. The van der Waals surface area contributed by atoms with Crippen molar-refractivity contribution in [2.24, 2.45) is 17.3 Å². The molecule has 3 saturated carbocycles. The predicted molar refractivity (Wildman–Crippen MR) is 63.9 cm³/mol. The summed E-state index contributed by atoms with van der Waals surface area (Å²) in [6.07, 6.45) is 5.56. The summed E-state index contributed by atoms with van der Waals surface area (Å²) in [4.78, 5) is 0. The first-order chi connectivity index (χ1) is 7.07. The highest BCUT2D eigenvalue weighted by atomic mass is 32.2. The third-order valence-corrected chi connectivity index (χ3v) is 5.11. The monoisotopic (exact) mass is 230 g/mol. The van der Waals surface area contributed by atoms with Crippen LogP contribution in [-0.4, -0.2) is 29.5 Å². The summed E-state index contributed by atoms with van der Waals surface area (Å²) in [7, 11) is 0. The largest absolute Gasteiger partial charge is 0.393 e. The first-order valence-electron chi connectivity index (χ1n) is 5.80. The number of rotatable bonds is 4. The molecule has 1 N–H and O–H groups in total. The molecule has 3 fully saturated rings. The van der Waals surface area contributed by atoms with Crippen LogP contribution in [0.4, 0.5) is 0 Å². The van der Waals surface area contributed by atoms with Gasteiger partial charge in [-0.15, -0.1) is 11.8 Å². The summed E-state index contributed by atoms with van der Waals surface area (Å²) in [6, 6.07) is 0. The Hall–Kier alpha value is 0.270. The number of aliphatic hydroxyl groups is 1. The molecule has 0 radical (unpaired) electrons. The van der Waals surface area contributed by atoms with E-state index in [4.69, 9.17) is 4.74 Å². The Morgan fingerprint density at radius 2 is 2.20 bits per heavy atom. The van der Waals surface area contributed by atoms with Crippen molar-refractivity contribution in [1.82, 2.24) is 0 Å². The van der Waals surface area contributed by atoms with E-state index in [1.807, 2.05) is 6.26 Å². The van der Waals surface area contributed by atoms with Crippen molar-refractivity contribution in [1.29, 1.82) is 0 Å². The zero-order chi connectivity index (χ0) is 11.1. The zero-order valence-electron chi connectivity index (χ0n) is 9.95. The molecule has 3 rings (SSSR count). The summed E-state index contributed by atoms with van der Waals surface area (Å²) < 4.78 is 5.97. The highest BCUT2D eigenvalue weighted by Crippen LogP contribution is 2.63. The van der Waals surface area contributed by atoms with Crippen molar-refractivity contribution < 1.29 is 9.84 Å². The van der Waals surface area contributed by atoms with Crippen LogP contribution in [0.25, 0.3) is 0 Å². The molecule has 2 nitrogen and oxygen atoms in total. The fourth-order valence-corrected chi connectivity index (χ4v) is 3.93. The number of hydrogen-bond acceptors (Lipinski definition) is 3. The average molecular weight is 230 g/mol. The fraction of sp³-hybridized carbons (Fsp3) is 1.00. The van der Waals surface area contributed by atoms with Crippen molar-refractivity contribution in [2.75, 3.05) is 18.8 Å². The Kier molecular flexibility index (Phi) is 3.08. The van der Waals surface area contributed by atoms with Crippen molar-refractivity contribution in [3.05, 3.63) is 0 Å². The topological polar surface area (TPSA) is 29.5 Å². The Bertz CT molecular complexity index is 240. The number of thioether (sulfide) groups is 1. The fourth-order valence-electron chi connectivity index (χ4n) is 3.58. The van der Waals surface area contributed by atoms with Crippen LogP contribution in [0.15, 0.2) is 0 Å². The van der Waals surface area contributed by atoms with Crippen LogP contribution in [0.3, 0.4) is 0 Å². The van der Waals surface area contributed by atoms with Gasteiger partial charge in [-0.1, -0.05) is 13.8 Å². The van der Waals surface area contributed by atoms with Crippen LogP contribution in [0.1, 0.15) is 33.1 Å². The Morgan fingerprint density at radius 3 is 2.67 bits per heavy atom. The zero-order valence-corrected chi connectivity index (χ0v) is 10.8. The summed E-state index contributed by atoms with van der Waals surface area (Å²) in [5.41, 5.74) is 0.140. The maximum absolute atomic E-state index is 9.66. The second-order valence-corrected chi connectivity index (χ2v) is 6.43. The van der Waals surface area contributed by atoms with E-state index in [0.717, 1.165) is 12.3 Å². The van der Waals surface area contributed by atoms with Crippen LogP contribution in [0, 0.1) is 17.3 Å². The molecule has 0 spiro atoms. The SMILES string of the molecule is CSCOC1(CO)CCC2CC1C2(C)C. The summed E-state index contributed by atoms with van der Waals surface area (Å²) in [5, 5.41) is 9.66. The van der Waals surface area contributed by atoms with E-state index in [2.05, 4.69) is 13.8 Å². The Labute approximate surface area is 96.8 Å². The number of hydrogen-bond donors (Lipinski definition) is 1. The molecule has 0 heterocycles. The maximum Gasteiger partial charge on any atom is 0.0956 e. The van der Waals surface area contributed by atoms with Gasteiger partial charge in [0.25, 0.3) is 0 Å². The van der Waals surface area contributed by atoms with E-state index < -0.39 is 0 Å². The minimum atomic E-state index is -0.235. The molecular formula is C12H22O2S. The van der Waals surface area contributed by atoms with E-state index in [1.54, 1.807) is 11.8 Å². The number of fused-ring (bicyclic) bond motifs is 2. The lowest BCUT2D eigenvalue weighted by atomic mass is 9.44. The third kappa shape index (κ3) is 1.63. The second kappa shape index (κ2) is 3.94. The lowest BCUT2D eigenvalue weighted by Crippen LogP contribution is -2.63. The number of aliphatic hydroxyl groups excluding tert-OH is 1. The quantitative estimate of drug-likeness (QED) is 0.753. The molecule has 88 valence electrons.